The van der Waals surface area contributed by atoms with Crippen LogP contribution >= 0.6 is 0 Å². The van der Waals surface area contributed by atoms with Gasteiger partial charge in [-0.05, 0) is 23.3 Å². The molecule has 0 spiro atoms. The summed E-state index contributed by atoms with van der Waals surface area (Å²) < 4.78 is 10.8. The maximum Gasteiger partial charge on any atom is 0.272 e. The van der Waals surface area contributed by atoms with Gasteiger partial charge < -0.3 is 9.47 Å². The molecule has 0 atom stereocenters. The second kappa shape index (κ2) is 7.76. The minimum absolute atomic E-state index is 0.00202. The summed E-state index contributed by atoms with van der Waals surface area (Å²) in [5.41, 5.74) is 5.09. The minimum Gasteiger partial charge on any atom is -0.484 e. The van der Waals surface area contributed by atoms with Crippen LogP contribution in [0.3, 0.4) is 0 Å². The van der Waals surface area contributed by atoms with Gasteiger partial charge in [-0.1, -0.05) is 42.5 Å². The second-order valence-electron chi connectivity index (χ2n) is 5.31. The Morgan fingerprint density at radius 2 is 1.65 bits per heavy atom. The van der Waals surface area contributed by atoms with Gasteiger partial charge in [0.25, 0.3) is 5.91 Å². The van der Waals surface area contributed by atoms with E-state index in [9.17, 15) is 4.79 Å². The lowest BCUT2D eigenvalue weighted by molar-refractivity contribution is -0.130. The number of carbonyl (C=O) groups is 1. The van der Waals surface area contributed by atoms with Crippen LogP contribution in [0, 0.1) is 0 Å². The first-order chi connectivity index (χ1) is 11.3. The van der Waals surface area contributed by atoms with E-state index in [4.69, 9.17) is 9.47 Å². The smallest absolute Gasteiger partial charge is 0.272 e. The number of carbonyl (C=O) groups excluding carboxylic acids is 1. The van der Waals surface area contributed by atoms with Gasteiger partial charge in [0.05, 0.1) is 13.2 Å². The van der Waals surface area contributed by atoms with E-state index in [0.717, 1.165) is 11.1 Å². The number of benzene rings is 2. The summed E-state index contributed by atoms with van der Waals surface area (Å²) in [6, 6.07) is 17.9. The number of hydrazine groups is 1. The lowest BCUT2D eigenvalue weighted by Crippen LogP contribution is -2.49. The highest BCUT2D eigenvalue weighted by Crippen LogP contribution is 2.21. The van der Waals surface area contributed by atoms with Gasteiger partial charge in [0, 0.05) is 13.1 Å². The van der Waals surface area contributed by atoms with E-state index in [2.05, 4.69) is 17.6 Å². The monoisotopic (exact) mass is 312 g/mol. The molecule has 0 saturated carbocycles. The Kier molecular flexibility index (Phi) is 5.24. The van der Waals surface area contributed by atoms with Gasteiger partial charge in [0.1, 0.15) is 5.75 Å². The number of morpholine rings is 1. The highest BCUT2D eigenvalue weighted by atomic mass is 16.5. The Morgan fingerprint density at radius 1 is 1.00 bits per heavy atom. The van der Waals surface area contributed by atoms with Gasteiger partial charge in [0.2, 0.25) is 0 Å². The van der Waals surface area contributed by atoms with E-state index in [-0.39, 0.29) is 12.5 Å². The van der Waals surface area contributed by atoms with Crippen LogP contribution in [0.2, 0.25) is 0 Å². The van der Waals surface area contributed by atoms with Crippen molar-refractivity contribution in [3.63, 3.8) is 0 Å². The molecule has 1 aliphatic rings. The highest BCUT2D eigenvalue weighted by Gasteiger charge is 2.13. The van der Waals surface area contributed by atoms with Gasteiger partial charge in [0.15, 0.2) is 6.61 Å². The van der Waals surface area contributed by atoms with Gasteiger partial charge >= 0.3 is 0 Å². The van der Waals surface area contributed by atoms with Crippen LogP contribution in [0.25, 0.3) is 11.1 Å². The number of ether oxygens (including phenoxy) is 2. The molecule has 2 aromatic rings. The molecule has 1 N–H and O–H groups in total. The third-order valence-corrected chi connectivity index (χ3v) is 3.63. The van der Waals surface area contributed by atoms with E-state index in [0.29, 0.717) is 32.1 Å². The molecule has 0 bridgehead atoms. The number of amides is 1. The maximum absolute atomic E-state index is 11.9. The fraction of sp³-hybridized carbons (Fsp3) is 0.278. The van der Waals surface area contributed by atoms with Crippen LogP contribution in [0.1, 0.15) is 0 Å². The van der Waals surface area contributed by atoms with Crippen LogP contribution in [0.4, 0.5) is 0 Å². The van der Waals surface area contributed by atoms with E-state index >= 15 is 0 Å². The number of hydrogen-bond acceptors (Lipinski definition) is 4. The summed E-state index contributed by atoms with van der Waals surface area (Å²) in [6.45, 7) is 2.70. The molecule has 1 amide bonds. The molecule has 23 heavy (non-hydrogen) atoms. The van der Waals surface area contributed by atoms with Crippen molar-refractivity contribution in [2.45, 2.75) is 0 Å². The van der Waals surface area contributed by atoms with Crippen LogP contribution < -0.4 is 10.2 Å². The molecule has 0 unspecified atom stereocenters. The topological polar surface area (TPSA) is 50.8 Å². The average molecular weight is 312 g/mol. The molecule has 0 aromatic heterocycles. The molecule has 0 aliphatic carbocycles. The number of rotatable bonds is 5. The number of hydrogen-bond donors (Lipinski definition) is 1. The van der Waals surface area contributed by atoms with Crippen LogP contribution in [-0.4, -0.2) is 43.8 Å². The van der Waals surface area contributed by atoms with Crippen molar-refractivity contribution in [2.24, 2.45) is 0 Å². The predicted octanol–water partition coefficient (Wildman–Crippen LogP) is 2.10. The molecular formula is C18H20N2O3. The predicted molar refractivity (Wildman–Crippen MR) is 87.9 cm³/mol. The quantitative estimate of drug-likeness (QED) is 0.918. The van der Waals surface area contributed by atoms with E-state index in [1.54, 1.807) is 0 Å². The highest BCUT2D eigenvalue weighted by molar-refractivity contribution is 5.77. The zero-order chi connectivity index (χ0) is 15.9. The Bertz CT molecular complexity index is 622. The van der Waals surface area contributed by atoms with Crippen molar-refractivity contribution < 1.29 is 14.3 Å². The third-order valence-electron chi connectivity index (χ3n) is 3.63. The molecular weight excluding hydrogens is 292 g/mol. The van der Waals surface area contributed by atoms with Crippen LogP contribution in [0.15, 0.2) is 54.6 Å². The molecule has 1 saturated heterocycles. The summed E-state index contributed by atoms with van der Waals surface area (Å²) >= 11 is 0. The lowest BCUT2D eigenvalue weighted by atomic mass is 10.1. The maximum atomic E-state index is 11.9. The molecule has 5 nitrogen and oxygen atoms in total. The Morgan fingerprint density at radius 3 is 2.35 bits per heavy atom. The Hall–Kier alpha value is -2.37. The Balaban J connectivity index is 1.49. The molecule has 2 aromatic carbocycles. The van der Waals surface area contributed by atoms with E-state index < -0.39 is 0 Å². The van der Waals surface area contributed by atoms with Crippen molar-refractivity contribution >= 4 is 5.91 Å². The SMILES string of the molecule is O=C(COc1ccc(-c2ccccc2)cc1)NN1CCOCC1. The normalized spacial score (nSPS) is 15.1. The molecule has 5 heteroatoms. The van der Waals surface area contributed by atoms with E-state index in [1.165, 1.54) is 0 Å². The zero-order valence-electron chi connectivity index (χ0n) is 12.9. The molecule has 0 radical (unpaired) electrons. The summed E-state index contributed by atoms with van der Waals surface area (Å²) in [5.74, 6) is 0.529. The third kappa shape index (κ3) is 4.55. The van der Waals surface area contributed by atoms with Crippen LogP contribution in [0.5, 0.6) is 5.75 Å². The van der Waals surface area contributed by atoms with Crippen molar-refractivity contribution in [1.82, 2.24) is 10.4 Å². The molecule has 1 aliphatic heterocycles. The first-order valence-electron chi connectivity index (χ1n) is 7.72. The number of nitrogens with zero attached hydrogens (tertiary/aromatic N) is 1. The fourth-order valence-corrected chi connectivity index (χ4v) is 2.41. The van der Waals surface area contributed by atoms with E-state index in [1.807, 2.05) is 47.5 Å². The van der Waals surface area contributed by atoms with Gasteiger partial charge in [-0.3, -0.25) is 10.2 Å². The zero-order valence-corrected chi connectivity index (χ0v) is 12.9. The molecule has 120 valence electrons. The summed E-state index contributed by atoms with van der Waals surface area (Å²) in [6.07, 6.45) is 0. The first-order valence-corrected chi connectivity index (χ1v) is 7.72. The second-order valence-corrected chi connectivity index (χ2v) is 5.31. The number of nitrogens with one attached hydrogen (secondary N) is 1. The first kappa shape index (κ1) is 15.5. The van der Waals surface area contributed by atoms with Crippen molar-refractivity contribution in [2.75, 3.05) is 32.9 Å². The largest absolute Gasteiger partial charge is 0.484 e. The molecule has 3 rings (SSSR count). The Labute approximate surface area is 135 Å². The van der Waals surface area contributed by atoms with Crippen molar-refractivity contribution in [1.29, 1.82) is 0 Å². The summed E-state index contributed by atoms with van der Waals surface area (Å²) in [7, 11) is 0. The average Bonchev–Trinajstić information content (AvgIpc) is 2.62. The van der Waals surface area contributed by atoms with Gasteiger partial charge in [-0.25, -0.2) is 5.01 Å². The minimum atomic E-state index is -0.154. The fourth-order valence-electron chi connectivity index (χ4n) is 2.41. The standard InChI is InChI=1S/C18H20N2O3/c21-18(19-20-10-12-22-13-11-20)14-23-17-8-6-16(7-9-17)15-4-2-1-3-5-15/h1-9H,10-14H2,(H,19,21). The van der Waals surface area contributed by atoms with Gasteiger partial charge in [-0.2, -0.15) is 0 Å². The summed E-state index contributed by atoms with van der Waals surface area (Å²) in [5, 5.41) is 1.85. The van der Waals surface area contributed by atoms with Gasteiger partial charge in [-0.15, -0.1) is 0 Å². The summed E-state index contributed by atoms with van der Waals surface area (Å²) in [4.78, 5) is 11.9. The molecule has 1 heterocycles. The molecule has 1 fully saturated rings. The van der Waals surface area contributed by atoms with Crippen molar-refractivity contribution in [3.05, 3.63) is 54.6 Å². The van der Waals surface area contributed by atoms with Crippen LogP contribution in [-0.2, 0) is 9.53 Å². The lowest BCUT2D eigenvalue weighted by Gasteiger charge is -2.26. The van der Waals surface area contributed by atoms with Crippen molar-refractivity contribution in [3.8, 4) is 16.9 Å².